The highest BCUT2D eigenvalue weighted by atomic mass is 32.2. The largest absolute Gasteiger partial charge is 0.508 e. The fourth-order valence-electron chi connectivity index (χ4n) is 3.28. The van der Waals surface area contributed by atoms with Crippen molar-refractivity contribution in [2.45, 2.75) is 9.79 Å². The lowest BCUT2D eigenvalue weighted by Crippen LogP contribution is -1.99. The lowest BCUT2D eigenvalue weighted by molar-refractivity contribution is 0.473. The van der Waals surface area contributed by atoms with E-state index in [1.165, 1.54) is 48.5 Å². The summed E-state index contributed by atoms with van der Waals surface area (Å²) in [7, 11) is -1.69. The first-order valence-corrected chi connectivity index (χ1v) is 10.2. The molecule has 4 aromatic rings. The standard InChI is InChI=1S/C24H18O5S/c25-17-5-1-3-15(11-17)21-13-19(27)7-9-23(21)30(29)24-10-8-20(28)14-22(24)16-4-2-6-18(26)12-16/h1-14,25-28H. The SMILES string of the molecule is O=S(c1ccc(O)cc1-c1cccc(O)c1)c1ccc(O)cc1-c1cccc(O)c1. The van der Waals surface area contributed by atoms with Crippen LogP contribution in [-0.2, 0) is 10.8 Å². The zero-order chi connectivity index (χ0) is 21.3. The van der Waals surface area contributed by atoms with Gasteiger partial charge in [-0.05, 0) is 71.8 Å². The third kappa shape index (κ3) is 3.86. The van der Waals surface area contributed by atoms with Crippen LogP contribution in [0.2, 0.25) is 0 Å². The Kier molecular flexibility index (Phi) is 5.16. The normalized spacial score (nSPS) is 11.0. The third-order valence-electron chi connectivity index (χ3n) is 4.64. The highest BCUT2D eigenvalue weighted by Gasteiger charge is 2.19. The molecule has 0 amide bonds. The van der Waals surface area contributed by atoms with Crippen LogP contribution in [0, 0.1) is 0 Å². The summed E-state index contributed by atoms with van der Waals surface area (Å²) in [4.78, 5) is 0.871. The summed E-state index contributed by atoms with van der Waals surface area (Å²) in [5.41, 5.74) is 2.23. The molecule has 0 radical (unpaired) electrons. The minimum Gasteiger partial charge on any atom is -0.508 e. The van der Waals surface area contributed by atoms with Gasteiger partial charge in [0.1, 0.15) is 23.0 Å². The molecule has 150 valence electrons. The van der Waals surface area contributed by atoms with Crippen molar-refractivity contribution >= 4 is 10.8 Å². The van der Waals surface area contributed by atoms with Crippen molar-refractivity contribution in [1.29, 1.82) is 0 Å². The zero-order valence-corrected chi connectivity index (χ0v) is 16.5. The van der Waals surface area contributed by atoms with Gasteiger partial charge in [-0.25, -0.2) is 4.21 Å². The van der Waals surface area contributed by atoms with Gasteiger partial charge in [0.05, 0.1) is 20.6 Å². The van der Waals surface area contributed by atoms with E-state index in [0.717, 1.165) is 0 Å². The molecule has 0 saturated heterocycles. The summed E-state index contributed by atoms with van der Waals surface area (Å²) in [6, 6.07) is 22.0. The molecule has 0 atom stereocenters. The van der Waals surface area contributed by atoms with Gasteiger partial charge in [-0.3, -0.25) is 0 Å². The molecular formula is C24H18O5S. The molecule has 5 nitrogen and oxygen atoms in total. The maximum absolute atomic E-state index is 13.6. The minimum atomic E-state index is -1.69. The molecule has 0 aliphatic rings. The average Bonchev–Trinajstić information content (AvgIpc) is 2.73. The van der Waals surface area contributed by atoms with Gasteiger partial charge >= 0.3 is 0 Å². The minimum absolute atomic E-state index is 0.00741. The van der Waals surface area contributed by atoms with E-state index in [-0.39, 0.29) is 23.0 Å². The summed E-state index contributed by atoms with van der Waals surface area (Å²) in [6.45, 7) is 0. The molecule has 0 fully saturated rings. The van der Waals surface area contributed by atoms with E-state index in [0.29, 0.717) is 32.0 Å². The lowest BCUT2D eigenvalue weighted by atomic mass is 10.0. The first-order chi connectivity index (χ1) is 14.4. The topological polar surface area (TPSA) is 98.0 Å². The van der Waals surface area contributed by atoms with Crippen molar-refractivity contribution in [2.75, 3.05) is 0 Å². The van der Waals surface area contributed by atoms with Crippen molar-refractivity contribution < 1.29 is 24.6 Å². The summed E-state index contributed by atoms with van der Waals surface area (Å²) in [5, 5.41) is 39.7. The summed E-state index contributed by atoms with van der Waals surface area (Å²) >= 11 is 0. The van der Waals surface area contributed by atoms with Gasteiger partial charge in [0.25, 0.3) is 0 Å². The van der Waals surface area contributed by atoms with E-state index in [9.17, 15) is 24.6 Å². The van der Waals surface area contributed by atoms with E-state index in [1.54, 1.807) is 36.4 Å². The van der Waals surface area contributed by atoms with Crippen molar-refractivity contribution in [1.82, 2.24) is 0 Å². The maximum atomic E-state index is 13.6. The Hall–Kier alpha value is -3.77. The Morgan fingerprint density at radius 2 is 0.900 bits per heavy atom. The lowest BCUT2D eigenvalue weighted by Gasteiger charge is -2.14. The van der Waals surface area contributed by atoms with E-state index in [2.05, 4.69) is 0 Å². The van der Waals surface area contributed by atoms with E-state index >= 15 is 0 Å². The molecular weight excluding hydrogens is 400 g/mol. The second-order valence-corrected chi connectivity index (χ2v) is 8.15. The molecule has 0 bridgehead atoms. The monoisotopic (exact) mass is 418 g/mol. The van der Waals surface area contributed by atoms with Crippen LogP contribution in [-0.4, -0.2) is 24.6 Å². The Bertz CT molecular complexity index is 1170. The molecule has 4 N–H and O–H groups in total. The first kappa shape index (κ1) is 19.5. The fraction of sp³-hybridized carbons (Fsp3) is 0. The highest BCUT2D eigenvalue weighted by Crippen LogP contribution is 2.38. The summed E-state index contributed by atoms with van der Waals surface area (Å²) < 4.78 is 13.6. The van der Waals surface area contributed by atoms with Crippen LogP contribution in [0.5, 0.6) is 23.0 Å². The summed E-state index contributed by atoms with van der Waals surface area (Å²) in [6.07, 6.45) is 0. The van der Waals surface area contributed by atoms with Gasteiger partial charge in [0.15, 0.2) is 0 Å². The predicted octanol–water partition coefficient (Wildman–Crippen LogP) is 5.01. The van der Waals surface area contributed by atoms with Crippen molar-refractivity contribution in [2.24, 2.45) is 0 Å². The second kappa shape index (κ2) is 7.93. The van der Waals surface area contributed by atoms with E-state index in [1.807, 2.05) is 0 Å². The van der Waals surface area contributed by atoms with Crippen LogP contribution in [0.4, 0.5) is 0 Å². The van der Waals surface area contributed by atoms with Gasteiger partial charge in [-0.15, -0.1) is 0 Å². The van der Waals surface area contributed by atoms with Crippen LogP contribution >= 0.6 is 0 Å². The maximum Gasteiger partial charge on any atom is 0.116 e. The van der Waals surface area contributed by atoms with Crippen molar-refractivity contribution in [3.05, 3.63) is 84.9 Å². The molecule has 0 aliphatic carbocycles. The molecule has 0 aromatic heterocycles. The number of rotatable bonds is 4. The molecule has 0 unspecified atom stereocenters. The average molecular weight is 418 g/mol. The van der Waals surface area contributed by atoms with Crippen molar-refractivity contribution in [3.8, 4) is 45.3 Å². The van der Waals surface area contributed by atoms with Gasteiger partial charge in [-0.1, -0.05) is 24.3 Å². The molecule has 4 aromatic carbocycles. The molecule has 0 saturated carbocycles. The Labute approximate surface area is 175 Å². The second-order valence-electron chi connectivity index (χ2n) is 6.73. The zero-order valence-electron chi connectivity index (χ0n) is 15.7. The smallest absolute Gasteiger partial charge is 0.116 e. The van der Waals surface area contributed by atoms with Gasteiger partial charge in [0, 0.05) is 11.1 Å². The Morgan fingerprint density at radius 3 is 1.30 bits per heavy atom. The highest BCUT2D eigenvalue weighted by molar-refractivity contribution is 7.85. The van der Waals surface area contributed by atoms with Gasteiger partial charge in [0.2, 0.25) is 0 Å². The first-order valence-electron chi connectivity index (χ1n) is 9.09. The fourth-order valence-corrected chi connectivity index (χ4v) is 4.65. The molecule has 0 spiro atoms. The number of phenols is 4. The third-order valence-corrected chi connectivity index (χ3v) is 6.15. The molecule has 4 rings (SSSR count). The van der Waals surface area contributed by atoms with Crippen LogP contribution in [0.1, 0.15) is 0 Å². The van der Waals surface area contributed by atoms with E-state index in [4.69, 9.17) is 0 Å². The van der Waals surface area contributed by atoms with Crippen LogP contribution in [0.3, 0.4) is 0 Å². The van der Waals surface area contributed by atoms with Crippen LogP contribution in [0.15, 0.2) is 94.7 Å². The van der Waals surface area contributed by atoms with Crippen LogP contribution in [0.25, 0.3) is 22.3 Å². The number of aromatic hydroxyl groups is 4. The van der Waals surface area contributed by atoms with Crippen molar-refractivity contribution in [3.63, 3.8) is 0 Å². The summed E-state index contributed by atoms with van der Waals surface area (Å²) in [5.74, 6) is 0.122. The molecule has 30 heavy (non-hydrogen) atoms. The molecule has 6 heteroatoms. The number of hydrogen-bond donors (Lipinski definition) is 4. The van der Waals surface area contributed by atoms with Gasteiger partial charge in [-0.2, -0.15) is 0 Å². The molecule has 0 heterocycles. The Balaban J connectivity index is 1.90. The quantitative estimate of drug-likeness (QED) is 0.373. The predicted molar refractivity (Wildman–Crippen MR) is 115 cm³/mol. The number of benzene rings is 4. The number of phenolic OH excluding ortho intramolecular Hbond substituents is 4. The van der Waals surface area contributed by atoms with E-state index < -0.39 is 10.8 Å². The molecule has 0 aliphatic heterocycles. The Morgan fingerprint density at radius 1 is 0.500 bits per heavy atom. The van der Waals surface area contributed by atoms with Crippen LogP contribution < -0.4 is 0 Å². The number of hydrogen-bond acceptors (Lipinski definition) is 5. The van der Waals surface area contributed by atoms with Gasteiger partial charge < -0.3 is 20.4 Å².